The highest BCUT2D eigenvalue weighted by atomic mass is 79.9. The Bertz CT molecular complexity index is 947. The molecule has 1 N–H and O–H groups in total. The van der Waals surface area contributed by atoms with Gasteiger partial charge in [0.25, 0.3) is 5.91 Å². The molecule has 0 unspecified atom stereocenters. The number of hydrogen-bond donors (Lipinski definition) is 1. The van der Waals surface area contributed by atoms with E-state index in [4.69, 9.17) is 16.3 Å². The molecule has 0 saturated heterocycles. The van der Waals surface area contributed by atoms with Gasteiger partial charge >= 0.3 is 0 Å². The van der Waals surface area contributed by atoms with Crippen LogP contribution >= 0.6 is 27.5 Å². The molecule has 1 aromatic heterocycles. The summed E-state index contributed by atoms with van der Waals surface area (Å²) in [5.41, 5.74) is 3.59. The van der Waals surface area contributed by atoms with E-state index in [-0.39, 0.29) is 5.91 Å². The Labute approximate surface area is 177 Å². The fourth-order valence-electron chi connectivity index (χ4n) is 2.76. The molecule has 28 heavy (non-hydrogen) atoms. The number of nitrogens with one attached hydrogen (secondary N) is 1. The maximum absolute atomic E-state index is 12.2. The maximum Gasteiger partial charge on any atom is 0.251 e. The van der Waals surface area contributed by atoms with Crippen molar-refractivity contribution >= 4 is 33.4 Å². The first-order valence-corrected chi connectivity index (χ1v) is 10.0. The van der Waals surface area contributed by atoms with Gasteiger partial charge in [0.2, 0.25) is 0 Å². The van der Waals surface area contributed by atoms with Gasteiger partial charge in [-0.15, -0.1) is 0 Å². The molecule has 1 amide bonds. The van der Waals surface area contributed by atoms with Crippen molar-refractivity contribution in [2.45, 2.75) is 27.0 Å². The number of amides is 1. The molecular formula is C21H21BrClN3O2. The average molecular weight is 463 g/mol. The second-order valence-corrected chi connectivity index (χ2v) is 7.83. The minimum absolute atomic E-state index is 0.109. The lowest BCUT2D eigenvalue weighted by Crippen LogP contribution is -2.27. The first-order chi connectivity index (χ1) is 13.4. The van der Waals surface area contributed by atoms with E-state index in [1.54, 1.807) is 23.0 Å². The smallest absolute Gasteiger partial charge is 0.251 e. The van der Waals surface area contributed by atoms with Crippen LogP contribution in [0.5, 0.6) is 5.75 Å². The summed E-state index contributed by atoms with van der Waals surface area (Å²) in [6, 6.07) is 11.3. The summed E-state index contributed by atoms with van der Waals surface area (Å²) in [7, 11) is 0. The Morgan fingerprint density at radius 3 is 2.50 bits per heavy atom. The number of halogens is 2. The molecule has 146 valence electrons. The van der Waals surface area contributed by atoms with E-state index in [2.05, 4.69) is 26.3 Å². The first kappa shape index (κ1) is 20.4. The molecule has 0 aliphatic carbocycles. The van der Waals surface area contributed by atoms with Crippen molar-refractivity contribution in [1.82, 2.24) is 15.1 Å². The van der Waals surface area contributed by atoms with E-state index in [1.165, 1.54) is 0 Å². The normalized spacial score (nSPS) is 10.7. The molecule has 0 atom stereocenters. The lowest BCUT2D eigenvalue weighted by atomic mass is 10.1. The van der Waals surface area contributed by atoms with Gasteiger partial charge in [0.1, 0.15) is 12.4 Å². The molecule has 0 fully saturated rings. The monoisotopic (exact) mass is 461 g/mol. The molecule has 0 bridgehead atoms. The van der Waals surface area contributed by atoms with Crippen LogP contribution in [-0.2, 0) is 13.2 Å². The topological polar surface area (TPSA) is 56.1 Å². The van der Waals surface area contributed by atoms with E-state index in [0.717, 1.165) is 31.9 Å². The summed E-state index contributed by atoms with van der Waals surface area (Å²) < 4.78 is 8.54. The predicted octanol–water partition coefficient (Wildman–Crippen LogP) is 4.92. The van der Waals surface area contributed by atoms with Crippen LogP contribution in [0.3, 0.4) is 0 Å². The van der Waals surface area contributed by atoms with Crippen molar-refractivity contribution in [1.29, 1.82) is 0 Å². The SMILES string of the molecule is Cc1cc(OCc2ccc(C(=O)NCCn3cc(Br)cn3)cc2)cc(C)c1Cl. The number of rotatable bonds is 7. The molecule has 3 rings (SSSR count). The van der Waals surface area contributed by atoms with E-state index >= 15 is 0 Å². The van der Waals surface area contributed by atoms with Crippen molar-refractivity contribution in [3.63, 3.8) is 0 Å². The second kappa shape index (κ2) is 9.26. The van der Waals surface area contributed by atoms with Gasteiger partial charge in [-0.25, -0.2) is 0 Å². The third kappa shape index (κ3) is 5.36. The molecule has 0 spiro atoms. The van der Waals surface area contributed by atoms with Crippen molar-refractivity contribution in [3.8, 4) is 5.75 Å². The number of carbonyl (C=O) groups excluding carboxylic acids is 1. The molecule has 0 saturated carbocycles. The number of hydrogen-bond acceptors (Lipinski definition) is 3. The Morgan fingerprint density at radius 2 is 1.89 bits per heavy atom. The highest BCUT2D eigenvalue weighted by Gasteiger charge is 2.07. The molecule has 3 aromatic rings. The zero-order valence-corrected chi connectivity index (χ0v) is 18.0. The summed E-state index contributed by atoms with van der Waals surface area (Å²) in [4.78, 5) is 12.2. The molecule has 7 heteroatoms. The largest absolute Gasteiger partial charge is 0.489 e. The number of aryl methyl sites for hydroxylation is 2. The summed E-state index contributed by atoms with van der Waals surface area (Å²) in [5.74, 6) is 0.675. The van der Waals surface area contributed by atoms with E-state index < -0.39 is 0 Å². The third-order valence-electron chi connectivity index (χ3n) is 4.26. The Morgan fingerprint density at radius 1 is 1.21 bits per heavy atom. The van der Waals surface area contributed by atoms with E-state index in [0.29, 0.717) is 25.3 Å². The Kier molecular flexibility index (Phi) is 6.75. The van der Waals surface area contributed by atoms with E-state index in [9.17, 15) is 4.79 Å². The maximum atomic E-state index is 12.2. The Hall–Kier alpha value is -2.31. The summed E-state index contributed by atoms with van der Waals surface area (Å²) in [6.45, 7) is 5.47. The molecule has 0 aliphatic heterocycles. The van der Waals surface area contributed by atoms with Gasteiger partial charge < -0.3 is 10.1 Å². The van der Waals surface area contributed by atoms with Gasteiger partial charge in [0, 0.05) is 23.3 Å². The van der Waals surface area contributed by atoms with Crippen LogP contribution in [0.15, 0.2) is 53.3 Å². The summed E-state index contributed by atoms with van der Waals surface area (Å²) in [6.07, 6.45) is 3.58. The predicted molar refractivity (Wildman–Crippen MR) is 114 cm³/mol. The van der Waals surface area contributed by atoms with E-state index in [1.807, 2.05) is 44.3 Å². The van der Waals surface area contributed by atoms with Gasteiger partial charge in [-0.1, -0.05) is 23.7 Å². The van der Waals surface area contributed by atoms with Crippen molar-refractivity contribution < 1.29 is 9.53 Å². The molecular weight excluding hydrogens is 442 g/mol. The second-order valence-electron chi connectivity index (χ2n) is 6.53. The summed E-state index contributed by atoms with van der Waals surface area (Å²) in [5, 5.41) is 7.81. The van der Waals surface area contributed by atoms with Crippen LogP contribution in [0.25, 0.3) is 0 Å². The molecule has 0 aliphatic rings. The first-order valence-electron chi connectivity index (χ1n) is 8.87. The third-order valence-corrected chi connectivity index (χ3v) is 5.27. The zero-order chi connectivity index (χ0) is 20.1. The number of benzene rings is 2. The van der Waals surface area contributed by atoms with Crippen molar-refractivity contribution in [3.05, 3.63) is 80.5 Å². The van der Waals surface area contributed by atoms with Crippen LogP contribution in [-0.4, -0.2) is 22.2 Å². The van der Waals surface area contributed by atoms with Gasteiger partial charge in [-0.3, -0.25) is 9.48 Å². The van der Waals surface area contributed by atoms with Crippen LogP contribution < -0.4 is 10.1 Å². The lowest BCUT2D eigenvalue weighted by molar-refractivity contribution is 0.0952. The highest BCUT2D eigenvalue weighted by molar-refractivity contribution is 9.10. The number of ether oxygens (including phenoxy) is 1. The van der Waals surface area contributed by atoms with Crippen molar-refractivity contribution in [2.24, 2.45) is 0 Å². The Balaban J connectivity index is 1.50. The van der Waals surface area contributed by atoms with Gasteiger partial charge in [-0.05, 0) is 70.7 Å². The molecule has 0 radical (unpaired) electrons. The standard InChI is InChI=1S/C21H21BrClN3O2/c1-14-9-19(10-15(2)20(14)23)28-13-16-3-5-17(6-4-16)21(27)24-7-8-26-12-18(22)11-25-26/h3-6,9-12H,7-8,13H2,1-2H3,(H,24,27). The number of carbonyl (C=O) groups is 1. The molecule has 5 nitrogen and oxygen atoms in total. The molecule has 2 aromatic carbocycles. The minimum atomic E-state index is -0.109. The average Bonchev–Trinajstić information content (AvgIpc) is 3.09. The van der Waals surface area contributed by atoms with Crippen LogP contribution in [0.1, 0.15) is 27.0 Å². The fraction of sp³-hybridized carbons (Fsp3) is 0.238. The van der Waals surface area contributed by atoms with Crippen molar-refractivity contribution in [2.75, 3.05) is 6.54 Å². The van der Waals surface area contributed by atoms with Gasteiger partial charge in [0.05, 0.1) is 17.2 Å². The van der Waals surface area contributed by atoms with Gasteiger partial charge in [0.15, 0.2) is 0 Å². The van der Waals surface area contributed by atoms with Crippen LogP contribution in [0, 0.1) is 13.8 Å². The van der Waals surface area contributed by atoms with Crippen LogP contribution in [0.2, 0.25) is 5.02 Å². The minimum Gasteiger partial charge on any atom is -0.489 e. The molecule has 1 heterocycles. The fourth-order valence-corrected chi connectivity index (χ4v) is 3.19. The lowest BCUT2D eigenvalue weighted by Gasteiger charge is -2.11. The zero-order valence-electron chi connectivity index (χ0n) is 15.7. The van der Waals surface area contributed by atoms with Gasteiger partial charge in [-0.2, -0.15) is 5.10 Å². The summed E-state index contributed by atoms with van der Waals surface area (Å²) >= 11 is 9.53. The quantitative estimate of drug-likeness (QED) is 0.542. The number of aromatic nitrogens is 2. The van der Waals surface area contributed by atoms with Crippen LogP contribution in [0.4, 0.5) is 0 Å². The highest BCUT2D eigenvalue weighted by Crippen LogP contribution is 2.26. The number of nitrogens with zero attached hydrogens (tertiary/aromatic N) is 2.